The van der Waals surface area contributed by atoms with Crippen LogP contribution in [0.3, 0.4) is 0 Å². The number of nitrogens with one attached hydrogen (secondary N) is 1. The van der Waals surface area contributed by atoms with Crippen LogP contribution in [-0.2, 0) is 6.42 Å². The molecule has 1 aliphatic carbocycles. The minimum Gasteiger partial charge on any atom is -0.357 e. The van der Waals surface area contributed by atoms with Crippen LogP contribution < -0.4 is 5.32 Å². The molecular weight excluding hydrogens is 308 g/mol. The highest BCUT2D eigenvalue weighted by Crippen LogP contribution is 2.34. The summed E-state index contributed by atoms with van der Waals surface area (Å²) in [6.45, 7) is 6.27. The van der Waals surface area contributed by atoms with E-state index in [2.05, 4.69) is 66.5 Å². The van der Waals surface area contributed by atoms with Crippen LogP contribution in [0.25, 0.3) is 0 Å². The van der Waals surface area contributed by atoms with E-state index in [0.717, 1.165) is 44.0 Å². The first kappa shape index (κ1) is 18.2. The van der Waals surface area contributed by atoms with E-state index in [-0.39, 0.29) is 0 Å². The Morgan fingerprint density at radius 1 is 1.24 bits per heavy atom. The normalized spacial score (nSPS) is 22.5. The summed E-state index contributed by atoms with van der Waals surface area (Å²) in [5, 5.41) is 3.52. The Bertz CT molecular complexity index is 548. The Hall–Kier alpha value is -1.55. The third-order valence-corrected chi connectivity index (χ3v) is 5.55. The van der Waals surface area contributed by atoms with Crippen molar-refractivity contribution in [2.24, 2.45) is 16.8 Å². The van der Waals surface area contributed by atoms with Crippen molar-refractivity contribution in [3.8, 4) is 0 Å². The van der Waals surface area contributed by atoms with Crippen molar-refractivity contribution in [2.45, 2.75) is 38.6 Å². The standard InChI is InChI=1S/C21H34N4/c1-4-22-21(23-15-20(24(2)3)19-10-11-19)25-13-12-18(16-25)14-17-8-6-5-7-9-17/h5-9,18-20H,4,10-16H2,1-3H3,(H,22,23). The highest BCUT2D eigenvalue weighted by atomic mass is 15.3. The molecule has 1 aliphatic heterocycles. The number of nitrogens with zero attached hydrogens (tertiary/aromatic N) is 3. The van der Waals surface area contributed by atoms with Gasteiger partial charge < -0.3 is 15.1 Å². The summed E-state index contributed by atoms with van der Waals surface area (Å²) in [5.74, 6) is 2.70. The molecule has 138 valence electrons. The first-order valence-corrected chi connectivity index (χ1v) is 9.91. The average molecular weight is 343 g/mol. The van der Waals surface area contributed by atoms with Gasteiger partial charge in [-0.1, -0.05) is 30.3 Å². The van der Waals surface area contributed by atoms with Gasteiger partial charge in [0.05, 0.1) is 6.54 Å². The van der Waals surface area contributed by atoms with E-state index < -0.39 is 0 Å². The molecule has 0 bridgehead atoms. The zero-order valence-electron chi connectivity index (χ0n) is 16.1. The third kappa shape index (κ3) is 5.21. The maximum atomic E-state index is 5.01. The van der Waals surface area contributed by atoms with Crippen molar-refractivity contribution in [2.75, 3.05) is 40.3 Å². The largest absolute Gasteiger partial charge is 0.357 e. The van der Waals surface area contributed by atoms with Gasteiger partial charge >= 0.3 is 0 Å². The predicted molar refractivity (Wildman–Crippen MR) is 106 cm³/mol. The molecule has 2 atom stereocenters. The third-order valence-electron chi connectivity index (χ3n) is 5.55. The lowest BCUT2D eigenvalue weighted by Crippen LogP contribution is -2.41. The van der Waals surface area contributed by atoms with Crippen LogP contribution in [0.4, 0.5) is 0 Å². The fraction of sp³-hybridized carbons (Fsp3) is 0.667. The SMILES string of the molecule is CCNC(=NCC(C1CC1)N(C)C)N1CCC(Cc2ccccc2)C1. The van der Waals surface area contributed by atoms with Crippen molar-refractivity contribution in [1.29, 1.82) is 0 Å². The van der Waals surface area contributed by atoms with E-state index >= 15 is 0 Å². The summed E-state index contributed by atoms with van der Waals surface area (Å²) in [4.78, 5) is 9.83. The number of benzene rings is 1. The van der Waals surface area contributed by atoms with Crippen LogP contribution in [0, 0.1) is 11.8 Å². The second-order valence-electron chi connectivity index (χ2n) is 7.85. The fourth-order valence-electron chi connectivity index (χ4n) is 3.96. The van der Waals surface area contributed by atoms with Gasteiger partial charge in [0.15, 0.2) is 5.96 Å². The van der Waals surface area contributed by atoms with Crippen molar-refractivity contribution in [3.05, 3.63) is 35.9 Å². The Morgan fingerprint density at radius 2 is 2.00 bits per heavy atom. The van der Waals surface area contributed by atoms with E-state index in [1.165, 1.54) is 31.2 Å². The Kier molecular flexibility index (Phi) is 6.35. The molecule has 1 N–H and O–H groups in total. The molecular formula is C21H34N4. The zero-order chi connectivity index (χ0) is 17.6. The number of likely N-dealkylation sites (tertiary alicyclic amines) is 1. The van der Waals surface area contributed by atoms with Crippen LogP contribution in [-0.4, -0.2) is 62.1 Å². The number of aliphatic imine (C=N–C) groups is 1. The summed E-state index contributed by atoms with van der Waals surface area (Å²) < 4.78 is 0. The minimum atomic E-state index is 0.594. The van der Waals surface area contributed by atoms with E-state index in [4.69, 9.17) is 4.99 Å². The van der Waals surface area contributed by atoms with Crippen molar-refractivity contribution in [3.63, 3.8) is 0 Å². The van der Waals surface area contributed by atoms with Gasteiger partial charge in [0.25, 0.3) is 0 Å². The van der Waals surface area contributed by atoms with Gasteiger partial charge in [-0.3, -0.25) is 4.99 Å². The summed E-state index contributed by atoms with van der Waals surface area (Å²) >= 11 is 0. The van der Waals surface area contributed by atoms with Crippen molar-refractivity contribution < 1.29 is 0 Å². The van der Waals surface area contributed by atoms with E-state index in [1.807, 2.05) is 0 Å². The molecule has 0 spiro atoms. The second kappa shape index (κ2) is 8.70. The van der Waals surface area contributed by atoms with Crippen LogP contribution in [0.1, 0.15) is 31.7 Å². The Labute approximate surface area is 153 Å². The second-order valence-corrected chi connectivity index (χ2v) is 7.85. The summed E-state index contributed by atoms with van der Waals surface area (Å²) in [6.07, 6.45) is 5.19. The van der Waals surface area contributed by atoms with E-state index in [9.17, 15) is 0 Å². The lowest BCUT2D eigenvalue weighted by atomic mass is 9.99. The molecule has 2 unspecified atom stereocenters. The number of hydrogen-bond donors (Lipinski definition) is 1. The summed E-state index contributed by atoms with van der Waals surface area (Å²) in [7, 11) is 4.38. The lowest BCUT2D eigenvalue weighted by molar-refractivity contribution is 0.270. The molecule has 4 nitrogen and oxygen atoms in total. The van der Waals surface area contributed by atoms with Crippen molar-refractivity contribution >= 4 is 5.96 Å². The monoisotopic (exact) mass is 342 g/mol. The van der Waals surface area contributed by atoms with E-state index in [1.54, 1.807) is 0 Å². The number of likely N-dealkylation sites (N-methyl/N-ethyl adjacent to an activating group) is 1. The molecule has 1 heterocycles. The van der Waals surface area contributed by atoms with Crippen LogP contribution in [0.15, 0.2) is 35.3 Å². The fourth-order valence-corrected chi connectivity index (χ4v) is 3.96. The van der Waals surface area contributed by atoms with Gasteiger partial charge in [0.2, 0.25) is 0 Å². The first-order valence-electron chi connectivity index (χ1n) is 9.91. The molecule has 1 aromatic rings. The molecule has 0 aromatic heterocycles. The van der Waals surface area contributed by atoms with Gasteiger partial charge in [0.1, 0.15) is 0 Å². The van der Waals surface area contributed by atoms with Gasteiger partial charge in [0, 0.05) is 25.7 Å². The molecule has 25 heavy (non-hydrogen) atoms. The maximum Gasteiger partial charge on any atom is 0.193 e. The minimum absolute atomic E-state index is 0.594. The highest BCUT2D eigenvalue weighted by Gasteiger charge is 2.33. The molecule has 2 fully saturated rings. The molecule has 3 rings (SSSR count). The van der Waals surface area contributed by atoms with Crippen LogP contribution >= 0.6 is 0 Å². The number of rotatable bonds is 7. The van der Waals surface area contributed by atoms with Crippen molar-refractivity contribution in [1.82, 2.24) is 15.1 Å². The Morgan fingerprint density at radius 3 is 2.64 bits per heavy atom. The Balaban J connectivity index is 1.58. The summed E-state index contributed by atoms with van der Waals surface area (Å²) in [6, 6.07) is 11.5. The molecule has 0 radical (unpaired) electrons. The highest BCUT2D eigenvalue weighted by molar-refractivity contribution is 5.80. The zero-order valence-corrected chi connectivity index (χ0v) is 16.1. The number of hydrogen-bond acceptors (Lipinski definition) is 2. The van der Waals surface area contributed by atoms with Gasteiger partial charge in [-0.05, 0) is 64.1 Å². The molecule has 1 saturated carbocycles. The first-order chi connectivity index (χ1) is 12.2. The van der Waals surface area contributed by atoms with E-state index in [0.29, 0.717) is 6.04 Å². The van der Waals surface area contributed by atoms with Crippen LogP contribution in [0.2, 0.25) is 0 Å². The molecule has 2 aliphatic rings. The van der Waals surface area contributed by atoms with Gasteiger partial charge in [-0.15, -0.1) is 0 Å². The predicted octanol–water partition coefficient (Wildman–Crippen LogP) is 2.86. The number of guanidine groups is 1. The molecule has 4 heteroatoms. The quantitative estimate of drug-likeness (QED) is 0.611. The smallest absolute Gasteiger partial charge is 0.193 e. The summed E-state index contributed by atoms with van der Waals surface area (Å²) in [5.41, 5.74) is 1.46. The maximum absolute atomic E-state index is 5.01. The topological polar surface area (TPSA) is 30.9 Å². The molecule has 1 aromatic carbocycles. The molecule has 1 saturated heterocycles. The van der Waals surface area contributed by atoms with Crippen LogP contribution in [0.5, 0.6) is 0 Å². The lowest BCUT2D eigenvalue weighted by Gasteiger charge is -2.25. The van der Waals surface area contributed by atoms with Gasteiger partial charge in [-0.2, -0.15) is 0 Å². The molecule has 0 amide bonds. The average Bonchev–Trinajstić information content (AvgIpc) is 3.33. The van der Waals surface area contributed by atoms with Gasteiger partial charge in [-0.25, -0.2) is 0 Å².